The van der Waals surface area contributed by atoms with Crippen LogP contribution in [0.5, 0.6) is 5.75 Å². The molecule has 0 fully saturated rings. The van der Waals surface area contributed by atoms with E-state index in [0.717, 1.165) is 11.6 Å². The fourth-order valence-corrected chi connectivity index (χ4v) is 2.42. The van der Waals surface area contributed by atoms with Crippen LogP contribution in [0.3, 0.4) is 0 Å². The van der Waals surface area contributed by atoms with Crippen molar-refractivity contribution in [2.75, 3.05) is 7.11 Å². The minimum absolute atomic E-state index is 0.111. The third kappa shape index (κ3) is 5.17. The van der Waals surface area contributed by atoms with E-state index in [9.17, 15) is 14.4 Å². The lowest BCUT2D eigenvalue weighted by atomic mass is 10.1. The van der Waals surface area contributed by atoms with E-state index in [0.29, 0.717) is 30.8 Å². The molecule has 1 amide bonds. The van der Waals surface area contributed by atoms with Crippen LogP contribution in [0, 0.1) is 0 Å². The Morgan fingerprint density at radius 1 is 1.31 bits per heavy atom. The van der Waals surface area contributed by atoms with Gasteiger partial charge < -0.3 is 20.1 Å². The number of hydrogen-bond donors (Lipinski definition) is 3. The number of aliphatic carboxylic acids is 1. The molecule has 0 saturated carbocycles. The highest BCUT2D eigenvalue weighted by Gasteiger charge is 2.21. The highest BCUT2D eigenvalue weighted by molar-refractivity contribution is 5.94. The maximum absolute atomic E-state index is 12.3. The molecule has 0 aliphatic rings. The number of carboxylic acid groups (broad SMARTS) is 1. The highest BCUT2D eigenvalue weighted by Crippen LogP contribution is 2.13. The maximum Gasteiger partial charge on any atom is 0.326 e. The van der Waals surface area contributed by atoms with Gasteiger partial charge in [-0.15, -0.1) is 0 Å². The molecule has 0 bridgehead atoms. The Hall–Kier alpha value is -3.16. The minimum atomic E-state index is -1.12. The van der Waals surface area contributed by atoms with Crippen molar-refractivity contribution in [3.63, 3.8) is 0 Å². The molecule has 0 saturated heterocycles. The maximum atomic E-state index is 12.3. The SMILES string of the molecule is CCCC(NC(=O)c1cc(=O)[nH]c(Cc2ccc(OC)cc2)n1)C(=O)O. The zero-order chi connectivity index (χ0) is 19.1. The van der Waals surface area contributed by atoms with Gasteiger partial charge in [0.25, 0.3) is 11.5 Å². The Morgan fingerprint density at radius 2 is 2.00 bits per heavy atom. The molecule has 0 radical (unpaired) electrons. The van der Waals surface area contributed by atoms with E-state index in [4.69, 9.17) is 9.84 Å². The molecule has 138 valence electrons. The van der Waals surface area contributed by atoms with Crippen LogP contribution in [-0.2, 0) is 11.2 Å². The van der Waals surface area contributed by atoms with Crippen molar-refractivity contribution in [3.05, 3.63) is 57.8 Å². The normalized spacial score (nSPS) is 11.6. The lowest BCUT2D eigenvalue weighted by Gasteiger charge is -2.13. The van der Waals surface area contributed by atoms with Crippen molar-refractivity contribution >= 4 is 11.9 Å². The number of carboxylic acids is 1. The summed E-state index contributed by atoms with van der Waals surface area (Å²) in [6.07, 6.45) is 1.21. The van der Waals surface area contributed by atoms with Crippen LogP contribution in [0.15, 0.2) is 35.1 Å². The molecule has 1 aromatic carbocycles. The summed E-state index contributed by atoms with van der Waals surface area (Å²) < 4.78 is 5.09. The highest BCUT2D eigenvalue weighted by atomic mass is 16.5. The summed E-state index contributed by atoms with van der Waals surface area (Å²) in [5, 5.41) is 11.5. The fourth-order valence-electron chi connectivity index (χ4n) is 2.42. The minimum Gasteiger partial charge on any atom is -0.497 e. The summed E-state index contributed by atoms with van der Waals surface area (Å²) >= 11 is 0. The van der Waals surface area contributed by atoms with Crippen LogP contribution < -0.4 is 15.6 Å². The Labute approximate surface area is 150 Å². The van der Waals surface area contributed by atoms with Crippen LogP contribution in [0.2, 0.25) is 0 Å². The van der Waals surface area contributed by atoms with Gasteiger partial charge in [-0.2, -0.15) is 0 Å². The molecule has 0 aliphatic carbocycles. The van der Waals surface area contributed by atoms with Gasteiger partial charge in [-0.3, -0.25) is 9.59 Å². The molecule has 2 aromatic rings. The molecule has 1 unspecified atom stereocenters. The molecule has 1 atom stereocenters. The lowest BCUT2D eigenvalue weighted by molar-refractivity contribution is -0.139. The first-order valence-corrected chi connectivity index (χ1v) is 8.19. The van der Waals surface area contributed by atoms with Crippen LogP contribution in [-0.4, -0.2) is 40.1 Å². The summed E-state index contributed by atoms with van der Waals surface area (Å²) in [6, 6.07) is 7.26. The summed E-state index contributed by atoms with van der Waals surface area (Å²) in [6.45, 7) is 1.82. The number of benzene rings is 1. The van der Waals surface area contributed by atoms with E-state index >= 15 is 0 Å². The summed E-state index contributed by atoms with van der Waals surface area (Å²) in [5.41, 5.74) is 0.288. The summed E-state index contributed by atoms with van der Waals surface area (Å²) in [7, 11) is 1.57. The van der Waals surface area contributed by atoms with Crippen LogP contribution in [0.4, 0.5) is 0 Å². The molecule has 8 nitrogen and oxygen atoms in total. The summed E-state index contributed by atoms with van der Waals surface area (Å²) in [4.78, 5) is 42.0. The predicted octanol–water partition coefficient (Wildman–Crippen LogP) is 1.35. The first-order valence-electron chi connectivity index (χ1n) is 8.19. The number of ether oxygens (including phenoxy) is 1. The van der Waals surface area contributed by atoms with Gasteiger partial charge in [-0.1, -0.05) is 25.5 Å². The van der Waals surface area contributed by atoms with Crippen LogP contribution in [0.25, 0.3) is 0 Å². The van der Waals surface area contributed by atoms with E-state index in [1.54, 1.807) is 19.2 Å². The number of carbonyl (C=O) groups is 2. The Balaban J connectivity index is 2.18. The van der Waals surface area contributed by atoms with Gasteiger partial charge in [-0.05, 0) is 24.1 Å². The third-order valence-electron chi connectivity index (χ3n) is 3.73. The molecule has 2 rings (SSSR count). The van der Waals surface area contributed by atoms with E-state index in [1.807, 2.05) is 19.1 Å². The van der Waals surface area contributed by atoms with Crippen molar-refractivity contribution in [1.29, 1.82) is 0 Å². The largest absolute Gasteiger partial charge is 0.497 e. The smallest absolute Gasteiger partial charge is 0.326 e. The van der Waals surface area contributed by atoms with E-state index < -0.39 is 23.5 Å². The molecule has 26 heavy (non-hydrogen) atoms. The molecule has 1 aromatic heterocycles. The van der Waals surface area contributed by atoms with Crippen molar-refractivity contribution in [3.8, 4) is 5.75 Å². The second kappa shape index (κ2) is 8.80. The second-order valence-corrected chi connectivity index (χ2v) is 5.76. The third-order valence-corrected chi connectivity index (χ3v) is 3.73. The number of nitrogens with zero attached hydrogens (tertiary/aromatic N) is 1. The number of methoxy groups -OCH3 is 1. The van der Waals surface area contributed by atoms with Crippen LogP contribution in [0.1, 0.15) is 41.6 Å². The molecule has 3 N–H and O–H groups in total. The second-order valence-electron chi connectivity index (χ2n) is 5.76. The van der Waals surface area contributed by atoms with Crippen molar-refractivity contribution in [2.45, 2.75) is 32.2 Å². The molecular formula is C18H21N3O5. The predicted molar refractivity (Wildman–Crippen MR) is 94.5 cm³/mol. The molecule has 1 heterocycles. The number of carbonyl (C=O) groups excluding carboxylic acids is 1. The van der Waals surface area contributed by atoms with E-state index in [-0.39, 0.29) is 5.69 Å². The zero-order valence-electron chi connectivity index (χ0n) is 14.6. The number of aromatic nitrogens is 2. The van der Waals surface area contributed by atoms with Gasteiger partial charge in [0.1, 0.15) is 23.3 Å². The van der Waals surface area contributed by atoms with Gasteiger partial charge in [0, 0.05) is 12.5 Å². The zero-order valence-corrected chi connectivity index (χ0v) is 14.6. The lowest BCUT2D eigenvalue weighted by Crippen LogP contribution is -2.41. The number of aromatic amines is 1. The molecule has 0 aliphatic heterocycles. The van der Waals surface area contributed by atoms with Gasteiger partial charge in [0.15, 0.2) is 0 Å². The fraction of sp³-hybridized carbons (Fsp3) is 0.333. The van der Waals surface area contributed by atoms with Gasteiger partial charge in [-0.25, -0.2) is 9.78 Å². The average molecular weight is 359 g/mol. The van der Waals surface area contributed by atoms with Gasteiger partial charge in [0.2, 0.25) is 0 Å². The van der Waals surface area contributed by atoms with Crippen molar-refractivity contribution in [2.24, 2.45) is 0 Å². The van der Waals surface area contributed by atoms with Crippen molar-refractivity contribution < 1.29 is 19.4 Å². The molecular weight excluding hydrogens is 338 g/mol. The Kier molecular flexibility index (Phi) is 6.48. The number of hydrogen-bond acceptors (Lipinski definition) is 5. The van der Waals surface area contributed by atoms with Gasteiger partial charge in [0.05, 0.1) is 7.11 Å². The number of nitrogens with one attached hydrogen (secondary N) is 2. The van der Waals surface area contributed by atoms with Crippen molar-refractivity contribution in [1.82, 2.24) is 15.3 Å². The first-order chi connectivity index (χ1) is 12.4. The van der Waals surface area contributed by atoms with Crippen LogP contribution >= 0.6 is 0 Å². The molecule has 8 heteroatoms. The number of rotatable bonds is 8. The van der Waals surface area contributed by atoms with E-state index in [1.165, 1.54) is 0 Å². The number of H-pyrrole nitrogens is 1. The number of amides is 1. The van der Waals surface area contributed by atoms with E-state index in [2.05, 4.69) is 15.3 Å². The Morgan fingerprint density at radius 3 is 2.58 bits per heavy atom. The standard InChI is InChI=1S/C18H21N3O5/c1-3-4-13(18(24)25)20-17(23)14-10-16(22)21-15(19-14)9-11-5-7-12(26-2)8-6-11/h5-8,10,13H,3-4,9H2,1-2H3,(H,20,23)(H,24,25)(H,19,21,22). The topological polar surface area (TPSA) is 121 Å². The van der Waals surface area contributed by atoms with Gasteiger partial charge >= 0.3 is 5.97 Å². The average Bonchev–Trinajstić information content (AvgIpc) is 2.61. The quantitative estimate of drug-likeness (QED) is 0.654. The summed E-state index contributed by atoms with van der Waals surface area (Å²) in [5.74, 6) is -0.787. The first kappa shape index (κ1) is 19.2. The Bertz CT molecular complexity index is 829. The monoisotopic (exact) mass is 359 g/mol. The molecule has 0 spiro atoms.